The first-order valence-corrected chi connectivity index (χ1v) is 9.30. The van der Waals surface area contributed by atoms with Crippen molar-refractivity contribution in [3.63, 3.8) is 0 Å². The highest BCUT2D eigenvalue weighted by atomic mass is 15.3. The summed E-state index contributed by atoms with van der Waals surface area (Å²) in [6.45, 7) is 4.14. The minimum Gasteiger partial charge on any atom is -0.352 e. The van der Waals surface area contributed by atoms with Gasteiger partial charge in [0.05, 0.1) is 11.6 Å². The van der Waals surface area contributed by atoms with Crippen LogP contribution in [-0.2, 0) is 6.42 Å². The van der Waals surface area contributed by atoms with Crippen LogP contribution in [0.2, 0.25) is 0 Å². The molecular weight excluding hydrogens is 324 g/mol. The highest BCUT2D eigenvalue weighted by molar-refractivity contribution is 5.58. The Hall–Kier alpha value is -2.65. The number of nitrogens with one attached hydrogen (secondary N) is 2. The second-order valence-corrected chi connectivity index (χ2v) is 6.66. The smallest absolute Gasteiger partial charge is 0.229 e. The number of anilines is 3. The zero-order valence-electron chi connectivity index (χ0n) is 15.5. The Morgan fingerprint density at radius 2 is 2.19 bits per heavy atom. The molecule has 2 heterocycles. The van der Waals surface area contributed by atoms with Crippen molar-refractivity contribution in [3.8, 4) is 6.07 Å². The van der Waals surface area contributed by atoms with Gasteiger partial charge in [0.25, 0.3) is 0 Å². The number of aromatic nitrogens is 2. The first-order chi connectivity index (χ1) is 12.7. The molecule has 136 valence electrons. The van der Waals surface area contributed by atoms with Gasteiger partial charge in [0.2, 0.25) is 5.95 Å². The van der Waals surface area contributed by atoms with E-state index < -0.39 is 0 Å². The van der Waals surface area contributed by atoms with Gasteiger partial charge in [-0.05, 0) is 44.5 Å². The lowest BCUT2D eigenvalue weighted by molar-refractivity contribution is 0.611. The van der Waals surface area contributed by atoms with Gasteiger partial charge in [-0.3, -0.25) is 0 Å². The van der Waals surface area contributed by atoms with Gasteiger partial charge in [0.1, 0.15) is 5.82 Å². The van der Waals surface area contributed by atoms with Crippen molar-refractivity contribution >= 4 is 17.5 Å². The fourth-order valence-electron chi connectivity index (χ4n) is 3.45. The molecule has 1 aromatic carbocycles. The SMILES string of the molecule is CCCc1cc(N2CCC[C@H]2CNC)nc(Nc2cccc(C#N)c2)n1. The van der Waals surface area contributed by atoms with E-state index in [1.807, 2.05) is 25.2 Å². The third-order valence-electron chi connectivity index (χ3n) is 4.63. The van der Waals surface area contributed by atoms with E-state index in [9.17, 15) is 0 Å². The molecule has 3 rings (SSSR count). The Morgan fingerprint density at radius 1 is 1.31 bits per heavy atom. The summed E-state index contributed by atoms with van der Waals surface area (Å²) in [5, 5.41) is 15.6. The number of hydrogen-bond donors (Lipinski definition) is 2. The summed E-state index contributed by atoms with van der Waals surface area (Å²) in [5.41, 5.74) is 2.50. The second-order valence-electron chi connectivity index (χ2n) is 6.66. The monoisotopic (exact) mass is 350 g/mol. The largest absolute Gasteiger partial charge is 0.352 e. The Morgan fingerprint density at radius 3 is 2.96 bits per heavy atom. The molecule has 1 aliphatic heterocycles. The lowest BCUT2D eigenvalue weighted by Gasteiger charge is -2.26. The van der Waals surface area contributed by atoms with Crippen LogP contribution in [-0.4, -0.2) is 36.1 Å². The summed E-state index contributed by atoms with van der Waals surface area (Å²) in [6, 6.07) is 12.1. The lowest BCUT2D eigenvalue weighted by atomic mass is 10.2. The number of nitrogens with zero attached hydrogens (tertiary/aromatic N) is 4. The minimum absolute atomic E-state index is 0.471. The fourth-order valence-corrected chi connectivity index (χ4v) is 3.45. The number of aryl methyl sites for hydroxylation is 1. The normalized spacial score (nSPS) is 16.5. The van der Waals surface area contributed by atoms with Gasteiger partial charge in [-0.1, -0.05) is 19.4 Å². The zero-order valence-corrected chi connectivity index (χ0v) is 15.5. The zero-order chi connectivity index (χ0) is 18.4. The van der Waals surface area contributed by atoms with Crippen LogP contribution < -0.4 is 15.5 Å². The number of benzene rings is 1. The molecule has 2 N–H and O–H groups in total. The van der Waals surface area contributed by atoms with E-state index in [4.69, 9.17) is 10.2 Å². The first-order valence-electron chi connectivity index (χ1n) is 9.30. The van der Waals surface area contributed by atoms with Gasteiger partial charge in [-0.2, -0.15) is 10.2 Å². The van der Waals surface area contributed by atoms with Gasteiger partial charge in [0.15, 0.2) is 0 Å². The molecule has 0 radical (unpaired) electrons. The maximum Gasteiger partial charge on any atom is 0.229 e. The van der Waals surface area contributed by atoms with Crippen molar-refractivity contribution in [3.05, 3.63) is 41.6 Å². The van der Waals surface area contributed by atoms with Crippen molar-refractivity contribution in [1.82, 2.24) is 15.3 Å². The third kappa shape index (κ3) is 4.30. The summed E-state index contributed by atoms with van der Waals surface area (Å²) in [5.74, 6) is 1.58. The highest BCUT2D eigenvalue weighted by Crippen LogP contribution is 2.26. The molecule has 0 amide bonds. The van der Waals surface area contributed by atoms with E-state index in [-0.39, 0.29) is 0 Å². The van der Waals surface area contributed by atoms with Crippen LogP contribution in [0.3, 0.4) is 0 Å². The van der Waals surface area contributed by atoms with Crippen LogP contribution in [0.4, 0.5) is 17.5 Å². The molecule has 0 spiro atoms. The van der Waals surface area contributed by atoms with Gasteiger partial charge in [-0.15, -0.1) is 0 Å². The average Bonchev–Trinajstić information content (AvgIpc) is 3.11. The van der Waals surface area contributed by atoms with Gasteiger partial charge in [0, 0.05) is 36.6 Å². The summed E-state index contributed by atoms with van der Waals surface area (Å²) in [6.07, 6.45) is 4.33. The van der Waals surface area contributed by atoms with Gasteiger partial charge < -0.3 is 15.5 Å². The lowest BCUT2D eigenvalue weighted by Crippen LogP contribution is -2.37. The predicted octanol–water partition coefficient (Wildman–Crippen LogP) is 3.23. The Bertz CT molecular complexity index is 782. The molecule has 2 aromatic rings. The molecule has 26 heavy (non-hydrogen) atoms. The number of rotatable bonds is 7. The van der Waals surface area contributed by atoms with E-state index in [0.29, 0.717) is 17.6 Å². The summed E-state index contributed by atoms with van der Waals surface area (Å²) >= 11 is 0. The Labute approximate surface area is 155 Å². The van der Waals surface area contributed by atoms with Crippen LogP contribution in [0, 0.1) is 11.3 Å². The van der Waals surface area contributed by atoms with E-state index in [2.05, 4.69) is 39.6 Å². The molecule has 1 fully saturated rings. The van der Waals surface area contributed by atoms with Crippen LogP contribution >= 0.6 is 0 Å². The van der Waals surface area contributed by atoms with Crippen LogP contribution in [0.25, 0.3) is 0 Å². The number of hydrogen-bond acceptors (Lipinski definition) is 6. The van der Waals surface area contributed by atoms with Crippen LogP contribution in [0.5, 0.6) is 0 Å². The Kier molecular flexibility index (Phi) is 6.03. The molecule has 1 aliphatic rings. The molecule has 6 heteroatoms. The first kappa shape index (κ1) is 18.2. The average molecular weight is 350 g/mol. The molecule has 1 atom stereocenters. The number of likely N-dealkylation sites (N-methyl/N-ethyl adjacent to an activating group) is 1. The highest BCUT2D eigenvalue weighted by Gasteiger charge is 2.25. The van der Waals surface area contributed by atoms with Crippen molar-refractivity contribution in [1.29, 1.82) is 5.26 Å². The van der Waals surface area contributed by atoms with E-state index in [0.717, 1.165) is 43.1 Å². The predicted molar refractivity (Wildman–Crippen MR) is 105 cm³/mol. The molecule has 0 aliphatic carbocycles. The molecule has 0 saturated carbocycles. The Balaban J connectivity index is 1.89. The van der Waals surface area contributed by atoms with E-state index in [1.165, 1.54) is 12.8 Å². The molecule has 0 bridgehead atoms. The molecular formula is C20H26N6. The molecule has 1 saturated heterocycles. The standard InChI is InChI=1S/C20H26N6/c1-3-6-16-12-19(26-10-5-9-18(26)14-22-2)25-20(23-16)24-17-8-4-7-15(11-17)13-21/h4,7-8,11-12,18,22H,3,5-6,9-10,14H2,1-2H3,(H,23,24,25)/t18-/m0/s1. The molecule has 1 aromatic heterocycles. The second kappa shape index (κ2) is 8.63. The van der Waals surface area contributed by atoms with E-state index in [1.54, 1.807) is 6.07 Å². The van der Waals surface area contributed by atoms with Gasteiger partial charge in [-0.25, -0.2) is 4.98 Å². The quantitative estimate of drug-likeness (QED) is 0.798. The fraction of sp³-hybridized carbons (Fsp3) is 0.450. The van der Waals surface area contributed by atoms with Crippen molar-refractivity contribution in [2.45, 2.75) is 38.6 Å². The summed E-state index contributed by atoms with van der Waals surface area (Å²) in [4.78, 5) is 11.8. The van der Waals surface area contributed by atoms with E-state index >= 15 is 0 Å². The molecule has 0 unspecified atom stereocenters. The third-order valence-corrected chi connectivity index (χ3v) is 4.63. The summed E-state index contributed by atoms with van der Waals surface area (Å²) < 4.78 is 0. The van der Waals surface area contributed by atoms with Crippen molar-refractivity contribution in [2.24, 2.45) is 0 Å². The van der Waals surface area contributed by atoms with Gasteiger partial charge >= 0.3 is 0 Å². The number of nitriles is 1. The topological polar surface area (TPSA) is 76.9 Å². The maximum absolute atomic E-state index is 9.09. The van der Waals surface area contributed by atoms with Crippen molar-refractivity contribution in [2.75, 3.05) is 30.4 Å². The van der Waals surface area contributed by atoms with Crippen LogP contribution in [0.1, 0.15) is 37.4 Å². The maximum atomic E-state index is 9.09. The summed E-state index contributed by atoms with van der Waals surface area (Å²) in [7, 11) is 1.99. The minimum atomic E-state index is 0.471. The van der Waals surface area contributed by atoms with Crippen LogP contribution in [0.15, 0.2) is 30.3 Å². The molecule has 6 nitrogen and oxygen atoms in total. The van der Waals surface area contributed by atoms with Crippen molar-refractivity contribution < 1.29 is 0 Å².